The second kappa shape index (κ2) is 9.64. The molecule has 0 unspecified atom stereocenters. The van der Waals surface area contributed by atoms with Gasteiger partial charge in [0.05, 0.1) is 22.5 Å². The van der Waals surface area contributed by atoms with E-state index in [0.717, 1.165) is 36.3 Å². The van der Waals surface area contributed by atoms with Crippen LogP contribution in [0.25, 0.3) is 10.9 Å². The normalized spacial score (nSPS) is 13.4. The van der Waals surface area contributed by atoms with Gasteiger partial charge in [0, 0.05) is 49.2 Å². The third-order valence-electron chi connectivity index (χ3n) is 6.67. The molecule has 10 heteroatoms. The molecule has 5 rings (SSSR count). The lowest BCUT2D eigenvalue weighted by molar-refractivity contribution is 0.0974. The summed E-state index contributed by atoms with van der Waals surface area (Å²) >= 11 is 6.49. The highest BCUT2D eigenvalue weighted by Gasteiger charge is 2.25. The maximum absolute atomic E-state index is 13.2. The van der Waals surface area contributed by atoms with Gasteiger partial charge in [0.1, 0.15) is 11.4 Å². The maximum atomic E-state index is 13.2. The fraction of sp³-hybridized carbons (Fsp3) is 0.222. The number of amides is 1. The van der Waals surface area contributed by atoms with E-state index in [0.29, 0.717) is 27.4 Å². The predicted octanol–water partition coefficient (Wildman–Crippen LogP) is 5.09. The number of carbonyl (C=O) groups excluding carboxylic acids is 1. The molecule has 2 N–H and O–H groups in total. The largest absolute Gasteiger partial charge is 0.497 e. The predicted molar refractivity (Wildman–Crippen MR) is 147 cm³/mol. The van der Waals surface area contributed by atoms with Crippen LogP contribution >= 0.6 is 11.6 Å². The first-order chi connectivity index (χ1) is 17.7. The van der Waals surface area contributed by atoms with Crippen molar-refractivity contribution in [2.24, 2.45) is 7.05 Å². The van der Waals surface area contributed by atoms with Crippen LogP contribution in [0, 0.1) is 0 Å². The standard InChI is InChI=1S/C27H27ClN4O4S/c1-31-13-5-6-17-14-20(9-12-24(17)31)37(34,35)30-27(33)25-16-21-23(11-10-22(28)26(21)32(25)2)29-18-7-4-8-19(15-18)36-3/h4,7-12,14-16,29H,5-6,13H2,1-3H3,(H,30,33). The van der Waals surface area contributed by atoms with Crippen LogP contribution in [-0.4, -0.2) is 39.6 Å². The number of nitrogens with zero attached hydrogens (tertiary/aromatic N) is 2. The van der Waals surface area contributed by atoms with Gasteiger partial charge >= 0.3 is 0 Å². The van der Waals surface area contributed by atoms with Crippen LogP contribution in [0.15, 0.2) is 65.6 Å². The average molecular weight is 539 g/mol. The van der Waals surface area contributed by atoms with Crippen molar-refractivity contribution < 1.29 is 17.9 Å². The maximum Gasteiger partial charge on any atom is 0.281 e. The third kappa shape index (κ3) is 4.72. The number of sulfonamides is 1. The minimum atomic E-state index is -4.08. The number of methoxy groups -OCH3 is 1. The van der Waals surface area contributed by atoms with E-state index in [2.05, 4.69) is 14.9 Å². The zero-order valence-electron chi connectivity index (χ0n) is 20.7. The number of carbonyl (C=O) groups is 1. The molecule has 0 saturated carbocycles. The summed E-state index contributed by atoms with van der Waals surface area (Å²) in [6.45, 7) is 0.925. The molecule has 0 aliphatic carbocycles. The van der Waals surface area contributed by atoms with Gasteiger partial charge < -0.3 is 19.5 Å². The van der Waals surface area contributed by atoms with Crippen molar-refractivity contribution in [1.29, 1.82) is 0 Å². The number of nitrogens with one attached hydrogen (secondary N) is 2. The van der Waals surface area contributed by atoms with Crippen molar-refractivity contribution in [3.05, 3.63) is 76.9 Å². The highest BCUT2D eigenvalue weighted by Crippen LogP contribution is 2.35. The molecule has 3 aromatic carbocycles. The Morgan fingerprint density at radius 1 is 1.05 bits per heavy atom. The number of benzene rings is 3. The van der Waals surface area contributed by atoms with E-state index in [1.807, 2.05) is 37.4 Å². The first-order valence-electron chi connectivity index (χ1n) is 11.8. The summed E-state index contributed by atoms with van der Waals surface area (Å²) in [5.74, 6) is -0.0423. The van der Waals surface area contributed by atoms with Gasteiger partial charge in [0.25, 0.3) is 15.9 Å². The average Bonchev–Trinajstić information content (AvgIpc) is 3.24. The summed E-state index contributed by atoms with van der Waals surface area (Å²) in [5.41, 5.74) is 4.24. The van der Waals surface area contributed by atoms with E-state index >= 15 is 0 Å². The Bertz CT molecular complexity index is 1630. The number of anilines is 3. The summed E-state index contributed by atoms with van der Waals surface area (Å²) in [6, 6.07) is 17.6. The van der Waals surface area contributed by atoms with E-state index in [1.54, 1.807) is 43.0 Å². The summed E-state index contributed by atoms with van der Waals surface area (Å²) in [7, 11) is 1.18. The molecule has 0 atom stereocenters. The van der Waals surface area contributed by atoms with Gasteiger partial charge in [-0.05, 0) is 66.9 Å². The van der Waals surface area contributed by atoms with Crippen LogP contribution in [0.5, 0.6) is 5.75 Å². The molecule has 4 aromatic rings. The number of hydrogen-bond donors (Lipinski definition) is 2. The fourth-order valence-corrected chi connectivity index (χ4v) is 6.07. The minimum Gasteiger partial charge on any atom is -0.497 e. The fourth-order valence-electron chi connectivity index (χ4n) is 4.77. The number of ether oxygens (including phenoxy) is 1. The van der Waals surface area contributed by atoms with Crippen molar-refractivity contribution in [2.75, 3.05) is 30.9 Å². The van der Waals surface area contributed by atoms with Crippen molar-refractivity contribution >= 4 is 55.5 Å². The summed E-state index contributed by atoms with van der Waals surface area (Å²) < 4.78 is 35.4. The Morgan fingerprint density at radius 2 is 1.86 bits per heavy atom. The Labute approximate surface area is 220 Å². The Kier molecular flexibility index (Phi) is 6.51. The van der Waals surface area contributed by atoms with Gasteiger partial charge in [-0.25, -0.2) is 13.1 Å². The Hall–Kier alpha value is -3.69. The van der Waals surface area contributed by atoms with Crippen LogP contribution in [0.4, 0.5) is 17.1 Å². The van der Waals surface area contributed by atoms with Crippen molar-refractivity contribution in [2.45, 2.75) is 17.7 Å². The summed E-state index contributed by atoms with van der Waals surface area (Å²) in [5, 5.41) is 4.45. The lowest BCUT2D eigenvalue weighted by Crippen LogP contribution is -2.32. The molecule has 1 aromatic heterocycles. The number of hydrogen-bond acceptors (Lipinski definition) is 6. The van der Waals surface area contributed by atoms with E-state index < -0.39 is 15.9 Å². The number of aryl methyl sites for hydroxylation is 2. The van der Waals surface area contributed by atoms with Gasteiger partial charge in [0.2, 0.25) is 0 Å². The molecule has 0 saturated heterocycles. The van der Waals surface area contributed by atoms with Crippen molar-refractivity contribution in [1.82, 2.24) is 9.29 Å². The highest BCUT2D eigenvalue weighted by molar-refractivity contribution is 7.90. The van der Waals surface area contributed by atoms with Gasteiger partial charge in [-0.1, -0.05) is 17.7 Å². The first kappa shape index (κ1) is 25.0. The molecule has 1 aliphatic rings. The van der Waals surface area contributed by atoms with E-state index in [9.17, 15) is 13.2 Å². The first-order valence-corrected chi connectivity index (χ1v) is 13.6. The quantitative estimate of drug-likeness (QED) is 0.355. The molecule has 1 amide bonds. The SMILES string of the molecule is COc1cccc(Nc2ccc(Cl)c3c2cc(C(=O)NS(=O)(=O)c2ccc4c(c2)CCCN4C)n3C)c1. The molecule has 0 bridgehead atoms. The Morgan fingerprint density at radius 3 is 2.65 bits per heavy atom. The molecule has 1 aliphatic heterocycles. The lowest BCUT2D eigenvalue weighted by Gasteiger charge is -2.27. The molecule has 0 radical (unpaired) electrons. The molecule has 192 valence electrons. The number of aromatic nitrogens is 1. The summed E-state index contributed by atoms with van der Waals surface area (Å²) in [4.78, 5) is 15.4. The second-order valence-corrected chi connectivity index (χ2v) is 11.1. The zero-order valence-corrected chi connectivity index (χ0v) is 22.3. The van der Waals surface area contributed by atoms with Gasteiger partial charge in [0.15, 0.2) is 0 Å². The monoisotopic (exact) mass is 538 g/mol. The number of fused-ring (bicyclic) bond motifs is 2. The van der Waals surface area contributed by atoms with Crippen LogP contribution < -0.4 is 19.7 Å². The summed E-state index contributed by atoms with van der Waals surface area (Å²) in [6.07, 6.45) is 1.74. The lowest BCUT2D eigenvalue weighted by atomic mass is 10.0. The number of rotatable bonds is 6. The van der Waals surface area contributed by atoms with E-state index in [4.69, 9.17) is 16.3 Å². The minimum absolute atomic E-state index is 0.0621. The smallest absolute Gasteiger partial charge is 0.281 e. The molecule has 37 heavy (non-hydrogen) atoms. The molecule has 0 fully saturated rings. The molecular weight excluding hydrogens is 512 g/mol. The number of halogens is 1. The Balaban J connectivity index is 1.47. The van der Waals surface area contributed by atoms with Crippen molar-refractivity contribution in [3.8, 4) is 5.75 Å². The topological polar surface area (TPSA) is 92.7 Å². The molecule has 0 spiro atoms. The second-order valence-electron chi connectivity index (χ2n) is 9.05. The van der Waals surface area contributed by atoms with Crippen LogP contribution in [-0.2, 0) is 23.5 Å². The van der Waals surface area contributed by atoms with Crippen LogP contribution in [0.3, 0.4) is 0 Å². The zero-order chi connectivity index (χ0) is 26.3. The van der Waals surface area contributed by atoms with Gasteiger partial charge in [-0.2, -0.15) is 0 Å². The molecule has 2 heterocycles. The van der Waals surface area contributed by atoms with Crippen molar-refractivity contribution in [3.63, 3.8) is 0 Å². The van der Waals surface area contributed by atoms with E-state index in [-0.39, 0.29) is 10.6 Å². The molecular formula is C27H27ClN4O4S. The van der Waals surface area contributed by atoms with E-state index in [1.165, 1.54) is 6.07 Å². The third-order valence-corrected chi connectivity index (χ3v) is 8.30. The highest BCUT2D eigenvalue weighted by atomic mass is 35.5. The van der Waals surface area contributed by atoms with Gasteiger partial charge in [-0.15, -0.1) is 0 Å². The molecule has 8 nitrogen and oxygen atoms in total. The van der Waals surface area contributed by atoms with Crippen LogP contribution in [0.2, 0.25) is 5.02 Å². The van der Waals surface area contributed by atoms with Gasteiger partial charge in [-0.3, -0.25) is 4.79 Å². The van der Waals surface area contributed by atoms with Crippen LogP contribution in [0.1, 0.15) is 22.5 Å².